The predicted molar refractivity (Wildman–Crippen MR) is 143 cm³/mol. The van der Waals surface area contributed by atoms with E-state index in [0.29, 0.717) is 48.0 Å². The van der Waals surface area contributed by atoms with Crippen molar-refractivity contribution in [1.82, 2.24) is 38.9 Å². The van der Waals surface area contributed by atoms with Gasteiger partial charge in [0.15, 0.2) is 17.8 Å². The van der Waals surface area contributed by atoms with Crippen LogP contribution in [0.4, 0.5) is 13.2 Å². The SMILES string of the molecule is O=CN1CCN(C(=O)c2ccccc2-n2cnc(Cn3nc(-c4ccc(Cl)cc4)n(CC(O)C(F)(F)F)c3=O)n2)CC1. The third kappa shape index (κ3) is 6.06. The summed E-state index contributed by atoms with van der Waals surface area (Å²) in [7, 11) is 0. The van der Waals surface area contributed by atoms with Crippen molar-refractivity contribution >= 4 is 23.9 Å². The highest BCUT2D eigenvalue weighted by Gasteiger charge is 2.39. The summed E-state index contributed by atoms with van der Waals surface area (Å²) < 4.78 is 42.4. The number of alkyl halides is 3. The molecule has 3 heterocycles. The van der Waals surface area contributed by atoms with E-state index >= 15 is 0 Å². The van der Waals surface area contributed by atoms with Crippen molar-refractivity contribution in [2.24, 2.45) is 0 Å². The van der Waals surface area contributed by atoms with Gasteiger partial charge in [0.2, 0.25) is 6.41 Å². The molecule has 2 amide bonds. The smallest absolute Gasteiger partial charge is 0.382 e. The summed E-state index contributed by atoms with van der Waals surface area (Å²) in [6.07, 6.45) is -5.66. The monoisotopic (exact) mass is 604 g/mol. The molecule has 2 aromatic heterocycles. The normalized spacial score (nSPS) is 14.7. The first-order valence-electron chi connectivity index (χ1n) is 12.7. The minimum atomic E-state index is -4.95. The molecule has 12 nitrogen and oxygen atoms in total. The molecule has 1 aliphatic rings. The lowest BCUT2D eigenvalue weighted by molar-refractivity contribution is -0.207. The van der Waals surface area contributed by atoms with Gasteiger partial charge in [0.1, 0.15) is 12.9 Å². The van der Waals surface area contributed by atoms with Gasteiger partial charge < -0.3 is 14.9 Å². The Bertz CT molecular complexity index is 1640. The van der Waals surface area contributed by atoms with Crippen LogP contribution in [0.15, 0.2) is 59.7 Å². The van der Waals surface area contributed by atoms with E-state index in [2.05, 4.69) is 15.2 Å². The average molecular weight is 605 g/mol. The molecule has 2 aromatic carbocycles. The van der Waals surface area contributed by atoms with E-state index < -0.39 is 24.5 Å². The highest BCUT2D eigenvalue weighted by atomic mass is 35.5. The van der Waals surface area contributed by atoms with Crippen LogP contribution in [0.5, 0.6) is 0 Å². The number of carbonyl (C=O) groups is 2. The Morgan fingerprint density at radius 2 is 1.74 bits per heavy atom. The summed E-state index contributed by atoms with van der Waals surface area (Å²) in [5.74, 6) is -0.258. The van der Waals surface area contributed by atoms with E-state index in [9.17, 15) is 32.7 Å². The highest BCUT2D eigenvalue weighted by Crippen LogP contribution is 2.24. The zero-order chi connectivity index (χ0) is 30.0. The van der Waals surface area contributed by atoms with Gasteiger partial charge in [-0.05, 0) is 36.4 Å². The molecule has 0 radical (unpaired) electrons. The maximum atomic E-state index is 13.3. The molecule has 1 saturated heterocycles. The molecule has 42 heavy (non-hydrogen) atoms. The maximum Gasteiger partial charge on any atom is 0.416 e. The van der Waals surface area contributed by atoms with Crippen LogP contribution < -0.4 is 5.69 Å². The number of hydrogen-bond donors (Lipinski definition) is 1. The van der Waals surface area contributed by atoms with Crippen molar-refractivity contribution in [3.63, 3.8) is 0 Å². The molecule has 220 valence electrons. The number of aliphatic hydroxyl groups excluding tert-OH is 1. The van der Waals surface area contributed by atoms with Gasteiger partial charge in [-0.25, -0.2) is 19.1 Å². The third-order valence-corrected chi connectivity index (χ3v) is 6.97. The zero-order valence-electron chi connectivity index (χ0n) is 21.9. The molecule has 1 atom stereocenters. The molecule has 0 aliphatic carbocycles. The molecule has 1 N–H and O–H groups in total. The van der Waals surface area contributed by atoms with Crippen molar-refractivity contribution in [3.05, 3.63) is 81.8 Å². The lowest BCUT2D eigenvalue weighted by Crippen LogP contribution is -2.48. The quantitative estimate of drug-likeness (QED) is 0.304. The number of hydrogen-bond acceptors (Lipinski definition) is 7. The summed E-state index contributed by atoms with van der Waals surface area (Å²) in [6, 6.07) is 12.7. The number of para-hydroxylation sites is 1. The fourth-order valence-electron chi connectivity index (χ4n) is 4.47. The molecule has 1 aliphatic heterocycles. The van der Waals surface area contributed by atoms with E-state index in [1.165, 1.54) is 35.3 Å². The first kappa shape index (κ1) is 29.0. The van der Waals surface area contributed by atoms with Crippen LogP contribution in [0.3, 0.4) is 0 Å². The molecule has 1 unspecified atom stereocenters. The maximum absolute atomic E-state index is 13.3. The lowest BCUT2D eigenvalue weighted by atomic mass is 10.1. The van der Waals surface area contributed by atoms with Crippen LogP contribution in [-0.4, -0.2) is 94.8 Å². The van der Waals surface area contributed by atoms with Crippen LogP contribution >= 0.6 is 11.6 Å². The minimum Gasteiger partial charge on any atom is -0.382 e. The molecule has 1 fully saturated rings. The molecule has 5 rings (SSSR count). The number of benzene rings is 2. The van der Waals surface area contributed by atoms with Gasteiger partial charge in [-0.2, -0.15) is 13.2 Å². The molecule has 0 bridgehead atoms. The van der Waals surface area contributed by atoms with Crippen molar-refractivity contribution in [3.8, 4) is 17.1 Å². The number of aromatic nitrogens is 6. The van der Waals surface area contributed by atoms with Gasteiger partial charge in [0, 0.05) is 36.8 Å². The predicted octanol–water partition coefficient (Wildman–Crippen LogP) is 1.83. The standard InChI is InChI=1S/C26H24ClF3N8O4/c27-18-7-5-17(6-8-18)23-33-37(25(42)36(23)13-21(40)26(28,29)30)14-22-31-15-38(32-22)20-4-2-1-3-19(20)24(41)35-11-9-34(16-39)10-12-35/h1-8,15-16,21,40H,9-14H2. The van der Waals surface area contributed by atoms with E-state index in [1.807, 2.05) is 0 Å². The van der Waals surface area contributed by atoms with Crippen molar-refractivity contribution < 1.29 is 27.9 Å². The second-order valence-corrected chi connectivity index (χ2v) is 9.93. The first-order chi connectivity index (χ1) is 20.0. The topological polar surface area (TPSA) is 131 Å². The minimum absolute atomic E-state index is 0.0997. The second-order valence-electron chi connectivity index (χ2n) is 9.49. The number of aliphatic hydroxyl groups is 1. The number of piperazine rings is 1. The fraction of sp³-hybridized carbons (Fsp3) is 0.308. The van der Waals surface area contributed by atoms with E-state index in [0.717, 1.165) is 15.7 Å². The lowest BCUT2D eigenvalue weighted by Gasteiger charge is -2.32. The van der Waals surface area contributed by atoms with Crippen molar-refractivity contribution in [2.75, 3.05) is 26.2 Å². The molecule has 4 aromatic rings. The van der Waals surface area contributed by atoms with E-state index in [1.54, 1.807) is 34.1 Å². The Hall–Kier alpha value is -4.50. The summed E-state index contributed by atoms with van der Waals surface area (Å²) >= 11 is 5.93. The van der Waals surface area contributed by atoms with Crippen LogP contribution in [0.1, 0.15) is 16.2 Å². The largest absolute Gasteiger partial charge is 0.416 e. The number of amides is 2. The van der Waals surface area contributed by atoms with Gasteiger partial charge in [-0.15, -0.1) is 10.2 Å². The van der Waals surface area contributed by atoms with E-state index in [4.69, 9.17) is 11.6 Å². The van der Waals surface area contributed by atoms with Gasteiger partial charge in [-0.1, -0.05) is 23.7 Å². The first-order valence-corrected chi connectivity index (χ1v) is 13.1. The Kier molecular flexibility index (Phi) is 8.13. The molecular formula is C26H24ClF3N8O4. The van der Waals surface area contributed by atoms with Crippen LogP contribution in [0.25, 0.3) is 17.1 Å². The summed E-state index contributed by atoms with van der Waals surface area (Å²) in [5.41, 5.74) is 0.169. The molecule has 16 heteroatoms. The second kappa shape index (κ2) is 11.8. The van der Waals surface area contributed by atoms with Crippen LogP contribution in [0, 0.1) is 0 Å². The number of halogens is 4. The Morgan fingerprint density at radius 1 is 1.05 bits per heavy atom. The van der Waals surface area contributed by atoms with Gasteiger partial charge in [0.05, 0.1) is 17.8 Å². The van der Waals surface area contributed by atoms with Crippen molar-refractivity contribution in [1.29, 1.82) is 0 Å². The zero-order valence-corrected chi connectivity index (χ0v) is 22.6. The average Bonchev–Trinajstić information content (AvgIpc) is 3.57. The van der Waals surface area contributed by atoms with Gasteiger partial charge in [-0.3, -0.25) is 14.2 Å². The number of nitrogens with zero attached hydrogens (tertiary/aromatic N) is 8. The van der Waals surface area contributed by atoms with Crippen LogP contribution in [0.2, 0.25) is 5.02 Å². The molecule has 0 spiro atoms. The molecule has 0 saturated carbocycles. The number of carbonyl (C=O) groups excluding carboxylic acids is 2. The third-order valence-electron chi connectivity index (χ3n) is 6.72. The fourth-order valence-corrected chi connectivity index (χ4v) is 4.60. The Labute approximate surface area is 241 Å². The van der Waals surface area contributed by atoms with Gasteiger partial charge in [0.25, 0.3) is 5.91 Å². The van der Waals surface area contributed by atoms with Crippen LogP contribution in [-0.2, 0) is 17.9 Å². The summed E-state index contributed by atoms with van der Waals surface area (Å²) in [6.45, 7) is 0.219. The highest BCUT2D eigenvalue weighted by molar-refractivity contribution is 6.30. The van der Waals surface area contributed by atoms with E-state index in [-0.39, 0.29) is 24.1 Å². The Morgan fingerprint density at radius 3 is 2.40 bits per heavy atom. The molecular weight excluding hydrogens is 581 g/mol. The van der Waals surface area contributed by atoms with Gasteiger partial charge >= 0.3 is 11.9 Å². The van der Waals surface area contributed by atoms with Crippen molar-refractivity contribution in [2.45, 2.75) is 25.4 Å². The summed E-state index contributed by atoms with van der Waals surface area (Å²) in [4.78, 5) is 44.9. The summed E-state index contributed by atoms with van der Waals surface area (Å²) in [5, 5.41) is 18.6. The number of rotatable bonds is 8. The Balaban J connectivity index is 1.43.